The van der Waals surface area contributed by atoms with Crippen LogP contribution >= 0.6 is 0 Å². The largest absolute Gasteiger partial charge is 0.314 e. The van der Waals surface area contributed by atoms with Gasteiger partial charge in [-0.1, -0.05) is 13.8 Å². The van der Waals surface area contributed by atoms with Crippen LogP contribution in [0.2, 0.25) is 0 Å². The van der Waals surface area contributed by atoms with E-state index in [1.165, 1.54) is 51.7 Å². The van der Waals surface area contributed by atoms with Crippen molar-refractivity contribution in [2.45, 2.75) is 65.0 Å². The van der Waals surface area contributed by atoms with E-state index in [2.05, 4.69) is 31.0 Å². The van der Waals surface area contributed by atoms with Crippen LogP contribution in [0.1, 0.15) is 52.9 Å². The van der Waals surface area contributed by atoms with Gasteiger partial charge in [-0.15, -0.1) is 0 Å². The molecule has 1 heterocycles. The number of hydrogen-bond acceptors (Lipinski definition) is 2. The molecule has 1 aliphatic heterocycles. The lowest BCUT2D eigenvalue weighted by molar-refractivity contribution is 0.165. The Labute approximate surface area is 101 Å². The topological polar surface area (TPSA) is 15.3 Å². The minimum atomic E-state index is 0.594. The van der Waals surface area contributed by atoms with Crippen molar-refractivity contribution in [2.24, 2.45) is 5.41 Å². The van der Waals surface area contributed by atoms with Gasteiger partial charge in [-0.2, -0.15) is 0 Å². The molecule has 2 unspecified atom stereocenters. The molecular weight excluding hydrogens is 196 g/mol. The highest BCUT2D eigenvalue weighted by molar-refractivity contribution is 4.88. The van der Waals surface area contributed by atoms with Gasteiger partial charge in [0.25, 0.3) is 0 Å². The van der Waals surface area contributed by atoms with E-state index < -0.39 is 0 Å². The van der Waals surface area contributed by atoms with Crippen LogP contribution in [0.5, 0.6) is 0 Å². The molecule has 2 nitrogen and oxygen atoms in total. The van der Waals surface area contributed by atoms with E-state index >= 15 is 0 Å². The van der Waals surface area contributed by atoms with Crippen molar-refractivity contribution in [1.82, 2.24) is 10.2 Å². The van der Waals surface area contributed by atoms with Gasteiger partial charge in [0.05, 0.1) is 0 Å². The van der Waals surface area contributed by atoms with Crippen molar-refractivity contribution in [3.8, 4) is 0 Å². The summed E-state index contributed by atoms with van der Waals surface area (Å²) in [6.07, 6.45) is 6.89. The molecule has 0 aromatic carbocycles. The predicted molar refractivity (Wildman–Crippen MR) is 69.7 cm³/mol. The van der Waals surface area contributed by atoms with Gasteiger partial charge in [-0.05, 0) is 64.1 Å². The molecule has 0 spiro atoms. The molecule has 1 aliphatic carbocycles. The van der Waals surface area contributed by atoms with E-state index in [1.807, 2.05) is 0 Å². The van der Waals surface area contributed by atoms with E-state index in [0.717, 1.165) is 6.04 Å². The minimum absolute atomic E-state index is 0.594. The Hall–Kier alpha value is -0.0800. The monoisotopic (exact) mass is 224 g/mol. The summed E-state index contributed by atoms with van der Waals surface area (Å²) in [5.74, 6) is 0. The normalized spacial score (nSPS) is 36.9. The Kier molecular flexibility index (Phi) is 3.91. The summed E-state index contributed by atoms with van der Waals surface area (Å²) < 4.78 is 0. The highest BCUT2D eigenvalue weighted by Crippen LogP contribution is 2.39. The van der Waals surface area contributed by atoms with Gasteiger partial charge in [0, 0.05) is 12.1 Å². The van der Waals surface area contributed by atoms with Gasteiger partial charge in [0.15, 0.2) is 0 Å². The summed E-state index contributed by atoms with van der Waals surface area (Å²) in [6.45, 7) is 11.0. The third-order valence-electron chi connectivity index (χ3n) is 4.42. The maximum Gasteiger partial charge on any atom is 0.0101 e. The van der Waals surface area contributed by atoms with Crippen LogP contribution in [0.4, 0.5) is 0 Å². The van der Waals surface area contributed by atoms with E-state index in [4.69, 9.17) is 0 Å². The molecule has 94 valence electrons. The standard InChI is InChI=1S/C14H28N2/c1-12-6-10-16(9-4-8-15-12)13-5-7-14(2,3)11-13/h12-13,15H,4-11H2,1-3H3. The van der Waals surface area contributed by atoms with E-state index in [9.17, 15) is 0 Å². The first-order valence-corrected chi connectivity index (χ1v) is 7.04. The van der Waals surface area contributed by atoms with Crippen LogP contribution < -0.4 is 5.32 Å². The fourth-order valence-electron chi connectivity index (χ4n) is 3.28. The summed E-state index contributed by atoms with van der Waals surface area (Å²) in [5, 5.41) is 3.59. The zero-order valence-electron chi connectivity index (χ0n) is 11.3. The smallest absolute Gasteiger partial charge is 0.0101 e. The van der Waals surface area contributed by atoms with Crippen molar-refractivity contribution in [1.29, 1.82) is 0 Å². The molecule has 1 N–H and O–H groups in total. The zero-order valence-corrected chi connectivity index (χ0v) is 11.3. The highest BCUT2D eigenvalue weighted by atomic mass is 15.2. The molecule has 1 saturated carbocycles. The zero-order chi connectivity index (χ0) is 11.6. The first kappa shape index (κ1) is 12.4. The van der Waals surface area contributed by atoms with Gasteiger partial charge in [0.2, 0.25) is 0 Å². The second kappa shape index (κ2) is 5.05. The molecule has 2 atom stereocenters. The molecule has 0 radical (unpaired) electrons. The van der Waals surface area contributed by atoms with Gasteiger partial charge in [-0.25, -0.2) is 0 Å². The molecule has 2 rings (SSSR count). The quantitative estimate of drug-likeness (QED) is 0.736. The van der Waals surface area contributed by atoms with Gasteiger partial charge in [0.1, 0.15) is 0 Å². The Morgan fingerprint density at radius 1 is 1.19 bits per heavy atom. The van der Waals surface area contributed by atoms with Crippen LogP contribution in [0, 0.1) is 5.41 Å². The number of rotatable bonds is 1. The van der Waals surface area contributed by atoms with E-state index in [-0.39, 0.29) is 0 Å². The second-order valence-electron chi connectivity index (χ2n) is 6.59. The third kappa shape index (κ3) is 3.21. The predicted octanol–water partition coefficient (Wildman–Crippen LogP) is 2.64. The summed E-state index contributed by atoms with van der Waals surface area (Å²) in [4.78, 5) is 2.77. The molecule has 1 saturated heterocycles. The summed E-state index contributed by atoms with van der Waals surface area (Å²) in [5.41, 5.74) is 0.594. The van der Waals surface area contributed by atoms with Crippen molar-refractivity contribution >= 4 is 0 Å². The maximum absolute atomic E-state index is 3.59. The molecule has 2 heteroatoms. The first-order valence-electron chi connectivity index (χ1n) is 7.04. The lowest BCUT2D eigenvalue weighted by Crippen LogP contribution is -2.42. The second-order valence-corrected chi connectivity index (χ2v) is 6.59. The molecular formula is C14H28N2. The minimum Gasteiger partial charge on any atom is -0.314 e. The Balaban J connectivity index is 1.88. The van der Waals surface area contributed by atoms with Crippen molar-refractivity contribution in [3.63, 3.8) is 0 Å². The summed E-state index contributed by atoms with van der Waals surface area (Å²) in [7, 11) is 0. The lowest BCUT2D eigenvalue weighted by atomic mass is 9.91. The number of nitrogens with one attached hydrogen (secondary N) is 1. The lowest BCUT2D eigenvalue weighted by Gasteiger charge is -2.33. The van der Waals surface area contributed by atoms with Crippen LogP contribution in [0.15, 0.2) is 0 Å². The highest BCUT2D eigenvalue weighted by Gasteiger charge is 2.34. The summed E-state index contributed by atoms with van der Waals surface area (Å²) in [6, 6.07) is 1.58. The number of hydrogen-bond donors (Lipinski definition) is 1. The Morgan fingerprint density at radius 3 is 2.69 bits per heavy atom. The van der Waals surface area contributed by atoms with Gasteiger partial charge >= 0.3 is 0 Å². The van der Waals surface area contributed by atoms with Crippen LogP contribution in [0.3, 0.4) is 0 Å². The van der Waals surface area contributed by atoms with Crippen molar-refractivity contribution in [3.05, 3.63) is 0 Å². The molecule has 2 aliphatic rings. The van der Waals surface area contributed by atoms with Crippen molar-refractivity contribution < 1.29 is 0 Å². The average molecular weight is 224 g/mol. The van der Waals surface area contributed by atoms with Gasteiger partial charge in [-0.3, -0.25) is 0 Å². The fraction of sp³-hybridized carbons (Fsp3) is 1.00. The third-order valence-corrected chi connectivity index (χ3v) is 4.42. The number of nitrogens with zero attached hydrogens (tertiary/aromatic N) is 1. The average Bonchev–Trinajstić information content (AvgIpc) is 2.53. The van der Waals surface area contributed by atoms with E-state index in [1.54, 1.807) is 0 Å². The first-order chi connectivity index (χ1) is 7.57. The van der Waals surface area contributed by atoms with E-state index in [0.29, 0.717) is 11.5 Å². The SMILES string of the molecule is CC1CCN(C2CCC(C)(C)C2)CCCN1. The van der Waals surface area contributed by atoms with Gasteiger partial charge < -0.3 is 10.2 Å². The maximum atomic E-state index is 3.59. The van der Waals surface area contributed by atoms with Crippen LogP contribution in [-0.2, 0) is 0 Å². The molecule has 0 amide bonds. The van der Waals surface area contributed by atoms with Crippen molar-refractivity contribution in [2.75, 3.05) is 19.6 Å². The molecule has 0 bridgehead atoms. The molecule has 0 aromatic heterocycles. The Morgan fingerprint density at radius 2 is 2.00 bits per heavy atom. The fourth-order valence-corrected chi connectivity index (χ4v) is 3.28. The van der Waals surface area contributed by atoms with Crippen LogP contribution in [0.25, 0.3) is 0 Å². The van der Waals surface area contributed by atoms with Crippen LogP contribution in [-0.4, -0.2) is 36.6 Å². The molecule has 0 aromatic rings. The summed E-state index contributed by atoms with van der Waals surface area (Å²) >= 11 is 0. The molecule has 16 heavy (non-hydrogen) atoms. The molecule has 2 fully saturated rings. The Bertz CT molecular complexity index is 225.